The van der Waals surface area contributed by atoms with Gasteiger partial charge in [-0.15, -0.1) is 0 Å². The zero-order valence-corrected chi connectivity index (χ0v) is 16.6. The zero-order valence-electron chi connectivity index (χ0n) is 16.6. The first-order chi connectivity index (χ1) is 14.5. The lowest BCUT2D eigenvalue weighted by molar-refractivity contribution is -0.140. The van der Waals surface area contributed by atoms with Gasteiger partial charge in [-0.3, -0.25) is 4.98 Å². The van der Waals surface area contributed by atoms with Crippen LogP contribution in [0.4, 0.5) is 19.0 Å². The largest absolute Gasteiger partial charge is 0.433 e. The number of hydrogen-bond acceptors (Lipinski definition) is 5. The van der Waals surface area contributed by atoms with Crippen LogP contribution in [0.5, 0.6) is 0 Å². The van der Waals surface area contributed by atoms with Crippen molar-refractivity contribution in [2.24, 2.45) is 5.92 Å². The van der Waals surface area contributed by atoms with E-state index in [0.717, 1.165) is 51.5 Å². The maximum absolute atomic E-state index is 12.9. The van der Waals surface area contributed by atoms with E-state index in [-0.39, 0.29) is 0 Å². The number of likely N-dealkylation sites (tertiary alicyclic amines) is 1. The molecule has 1 N–H and O–H groups in total. The van der Waals surface area contributed by atoms with Crippen LogP contribution in [0.2, 0.25) is 0 Å². The molecule has 0 atom stereocenters. The second-order valence-corrected chi connectivity index (χ2v) is 7.70. The molecule has 3 aromatic rings. The summed E-state index contributed by atoms with van der Waals surface area (Å²) in [5.41, 5.74) is 0.670. The minimum atomic E-state index is -4.45. The molecule has 3 aromatic heterocycles. The van der Waals surface area contributed by atoms with Gasteiger partial charge in [-0.05, 0) is 68.1 Å². The van der Waals surface area contributed by atoms with Crippen LogP contribution < -0.4 is 5.32 Å². The highest BCUT2D eigenvalue weighted by atomic mass is 19.4. The number of alkyl halides is 3. The van der Waals surface area contributed by atoms with Gasteiger partial charge in [0.15, 0.2) is 0 Å². The average Bonchev–Trinajstić information content (AvgIpc) is 2.76. The van der Waals surface area contributed by atoms with Gasteiger partial charge in [0.05, 0.1) is 5.52 Å². The van der Waals surface area contributed by atoms with Gasteiger partial charge in [-0.1, -0.05) is 6.07 Å². The number of rotatable bonds is 6. The summed E-state index contributed by atoms with van der Waals surface area (Å²) in [6.07, 6.45) is 3.93. The molecule has 0 radical (unpaired) electrons. The van der Waals surface area contributed by atoms with Crippen molar-refractivity contribution in [2.75, 3.05) is 31.5 Å². The highest BCUT2D eigenvalue weighted by Crippen LogP contribution is 2.30. The van der Waals surface area contributed by atoms with Gasteiger partial charge in [0.1, 0.15) is 11.5 Å². The summed E-state index contributed by atoms with van der Waals surface area (Å²) in [5.74, 6) is 1.10. The van der Waals surface area contributed by atoms with Gasteiger partial charge < -0.3 is 10.2 Å². The molecule has 5 nitrogen and oxygen atoms in total. The molecule has 1 aliphatic rings. The minimum Gasteiger partial charge on any atom is -0.369 e. The summed E-state index contributed by atoms with van der Waals surface area (Å²) in [6.45, 7) is 3.88. The van der Waals surface area contributed by atoms with Crippen LogP contribution >= 0.6 is 0 Å². The third-order valence-electron chi connectivity index (χ3n) is 5.61. The van der Waals surface area contributed by atoms with Crippen molar-refractivity contribution in [3.05, 3.63) is 60.2 Å². The molecule has 0 aliphatic carbocycles. The van der Waals surface area contributed by atoms with E-state index in [9.17, 15) is 13.2 Å². The fourth-order valence-electron chi connectivity index (χ4n) is 3.84. The lowest BCUT2D eigenvalue weighted by atomic mass is 9.96. The first kappa shape index (κ1) is 20.5. The first-order valence-electron chi connectivity index (χ1n) is 10.2. The molecule has 0 bridgehead atoms. The van der Waals surface area contributed by atoms with Crippen molar-refractivity contribution in [1.82, 2.24) is 19.9 Å². The molecule has 0 amide bonds. The highest BCUT2D eigenvalue weighted by molar-refractivity contribution is 5.89. The van der Waals surface area contributed by atoms with Crippen LogP contribution in [0.25, 0.3) is 10.9 Å². The Balaban J connectivity index is 1.30. The first-order valence-corrected chi connectivity index (χ1v) is 10.2. The number of nitrogens with one attached hydrogen (secondary N) is 1. The zero-order chi connectivity index (χ0) is 21.0. The number of aromatic nitrogens is 3. The Bertz CT molecular complexity index is 969. The fraction of sp³-hybridized carbons (Fsp3) is 0.409. The van der Waals surface area contributed by atoms with Gasteiger partial charge in [0.25, 0.3) is 0 Å². The van der Waals surface area contributed by atoms with Crippen molar-refractivity contribution in [3.63, 3.8) is 0 Å². The molecule has 0 spiro atoms. The Labute approximate surface area is 173 Å². The maximum atomic E-state index is 12.9. The predicted molar refractivity (Wildman–Crippen MR) is 110 cm³/mol. The van der Waals surface area contributed by atoms with Gasteiger partial charge in [-0.2, -0.15) is 13.2 Å². The van der Waals surface area contributed by atoms with Gasteiger partial charge in [0, 0.05) is 37.1 Å². The molecule has 0 saturated carbocycles. The Kier molecular flexibility index (Phi) is 6.13. The Morgan fingerprint density at radius 3 is 2.63 bits per heavy atom. The minimum absolute atomic E-state index is 0.299. The van der Waals surface area contributed by atoms with E-state index in [1.165, 1.54) is 23.9 Å². The summed E-state index contributed by atoms with van der Waals surface area (Å²) in [4.78, 5) is 14.7. The Hall–Kier alpha value is -2.74. The van der Waals surface area contributed by atoms with Gasteiger partial charge in [0.2, 0.25) is 0 Å². The van der Waals surface area contributed by atoms with Crippen LogP contribution in [-0.4, -0.2) is 46.0 Å². The standard InChI is InChI=1S/C22H24F3N5/c23-22(24,25)20-4-3-18-19(29-20)5-10-27-21(18)28-15-17-7-12-30(13-8-17)11-6-16-2-1-9-26-14-16/h1-5,9-10,14,17H,6-8,11-13,15H2,(H,27,28). The summed E-state index contributed by atoms with van der Waals surface area (Å²) in [6, 6.07) is 8.04. The monoisotopic (exact) mass is 415 g/mol. The number of anilines is 1. The SMILES string of the molecule is FC(F)(F)c1ccc2c(NCC3CCN(CCc4cccnc4)CC3)nccc2n1. The Morgan fingerprint density at radius 2 is 1.90 bits per heavy atom. The molecule has 4 rings (SSSR count). The summed E-state index contributed by atoms with van der Waals surface area (Å²) in [5, 5.41) is 3.94. The number of nitrogens with zero attached hydrogens (tertiary/aromatic N) is 4. The molecule has 158 valence electrons. The lowest BCUT2D eigenvalue weighted by Crippen LogP contribution is -2.37. The summed E-state index contributed by atoms with van der Waals surface area (Å²) < 4.78 is 38.7. The average molecular weight is 415 g/mol. The van der Waals surface area contributed by atoms with Crippen LogP contribution in [0.3, 0.4) is 0 Å². The van der Waals surface area contributed by atoms with E-state index < -0.39 is 11.9 Å². The molecule has 1 aliphatic heterocycles. The molecule has 1 saturated heterocycles. The molecule has 0 unspecified atom stereocenters. The quantitative estimate of drug-likeness (QED) is 0.646. The van der Waals surface area contributed by atoms with Crippen molar-refractivity contribution >= 4 is 16.7 Å². The molecule has 4 heterocycles. The van der Waals surface area contributed by atoms with Crippen LogP contribution in [0, 0.1) is 5.92 Å². The van der Waals surface area contributed by atoms with E-state index in [1.807, 2.05) is 12.3 Å². The number of fused-ring (bicyclic) bond motifs is 1. The molecule has 30 heavy (non-hydrogen) atoms. The van der Waals surface area contributed by atoms with E-state index >= 15 is 0 Å². The van der Waals surface area contributed by atoms with Crippen molar-refractivity contribution in [3.8, 4) is 0 Å². The second-order valence-electron chi connectivity index (χ2n) is 7.70. The third kappa shape index (κ3) is 5.05. The molecular weight excluding hydrogens is 391 g/mol. The van der Waals surface area contributed by atoms with Crippen LogP contribution in [-0.2, 0) is 12.6 Å². The number of halogens is 3. The van der Waals surface area contributed by atoms with E-state index in [1.54, 1.807) is 6.20 Å². The van der Waals surface area contributed by atoms with Crippen molar-refractivity contribution in [2.45, 2.75) is 25.4 Å². The number of hydrogen-bond donors (Lipinski definition) is 1. The molecule has 0 aromatic carbocycles. The predicted octanol–water partition coefficient (Wildman–Crippen LogP) is 4.41. The molecular formula is C22H24F3N5. The van der Waals surface area contributed by atoms with Gasteiger partial charge in [-0.25, -0.2) is 9.97 Å². The summed E-state index contributed by atoms with van der Waals surface area (Å²) in [7, 11) is 0. The van der Waals surface area contributed by atoms with E-state index in [2.05, 4.69) is 31.2 Å². The fourth-order valence-corrected chi connectivity index (χ4v) is 3.84. The number of piperidine rings is 1. The van der Waals surface area contributed by atoms with Crippen LogP contribution in [0.15, 0.2) is 48.9 Å². The van der Waals surface area contributed by atoms with E-state index in [0.29, 0.717) is 22.6 Å². The topological polar surface area (TPSA) is 53.9 Å². The van der Waals surface area contributed by atoms with Crippen LogP contribution in [0.1, 0.15) is 24.1 Å². The van der Waals surface area contributed by atoms with Crippen molar-refractivity contribution < 1.29 is 13.2 Å². The lowest BCUT2D eigenvalue weighted by Gasteiger charge is -2.32. The van der Waals surface area contributed by atoms with E-state index in [4.69, 9.17) is 0 Å². The Morgan fingerprint density at radius 1 is 1.07 bits per heavy atom. The van der Waals surface area contributed by atoms with Crippen molar-refractivity contribution in [1.29, 1.82) is 0 Å². The highest BCUT2D eigenvalue weighted by Gasteiger charge is 2.32. The third-order valence-corrected chi connectivity index (χ3v) is 5.61. The van der Waals surface area contributed by atoms with Gasteiger partial charge >= 0.3 is 6.18 Å². The summed E-state index contributed by atoms with van der Waals surface area (Å²) >= 11 is 0. The normalized spacial score (nSPS) is 16.1. The molecule has 8 heteroatoms. The molecule has 1 fully saturated rings. The smallest absolute Gasteiger partial charge is 0.369 e. The maximum Gasteiger partial charge on any atom is 0.433 e. The second kappa shape index (κ2) is 8.95. The number of pyridine rings is 3.